The fourth-order valence-electron chi connectivity index (χ4n) is 9.85. The first kappa shape index (κ1) is 34.9. The number of alkyl halides is 1. The van der Waals surface area contributed by atoms with Gasteiger partial charge in [-0.1, -0.05) is 32.9 Å². The second-order valence-corrected chi connectivity index (χ2v) is 16.8. The van der Waals surface area contributed by atoms with Crippen LogP contribution in [0.2, 0.25) is 0 Å². The van der Waals surface area contributed by atoms with E-state index in [4.69, 9.17) is 9.47 Å². The molecule has 3 amide bonds. The molecule has 1 aliphatic carbocycles. The van der Waals surface area contributed by atoms with Gasteiger partial charge in [0.2, 0.25) is 0 Å². The molecule has 47 heavy (non-hydrogen) atoms. The summed E-state index contributed by atoms with van der Waals surface area (Å²) in [4.78, 5) is 34.2. The van der Waals surface area contributed by atoms with E-state index < -0.39 is 11.8 Å². The van der Waals surface area contributed by atoms with E-state index >= 15 is 4.39 Å². The molecular weight excluding hydrogens is 599 g/mol. The molecule has 13 atom stereocenters. The average Bonchev–Trinajstić information content (AvgIpc) is 2.99. The lowest BCUT2D eigenvalue weighted by molar-refractivity contribution is -0.111. The lowest BCUT2D eigenvalue weighted by atomic mass is 9.69. The second kappa shape index (κ2) is 13.8. The molecular formula is C36H61FN6O4. The number of hydrogen-bond acceptors (Lipinski definition) is 7. The predicted octanol–water partition coefficient (Wildman–Crippen LogP) is 4.70. The first-order chi connectivity index (χ1) is 22.2. The third-order valence-corrected chi connectivity index (χ3v) is 12.0. The van der Waals surface area contributed by atoms with Crippen molar-refractivity contribution in [1.29, 1.82) is 0 Å². The van der Waals surface area contributed by atoms with Gasteiger partial charge in [-0.15, -0.1) is 0 Å². The summed E-state index contributed by atoms with van der Waals surface area (Å²) in [5.41, 5.74) is -0.567. The molecule has 6 aliphatic rings. The third kappa shape index (κ3) is 6.93. The van der Waals surface area contributed by atoms with Crippen molar-refractivity contribution < 1.29 is 23.5 Å². The number of piperidine rings is 2. The van der Waals surface area contributed by atoms with Crippen LogP contribution in [0.15, 0.2) is 12.2 Å². The highest BCUT2D eigenvalue weighted by atomic mass is 19.1. The summed E-state index contributed by atoms with van der Waals surface area (Å²) in [6.45, 7) is 19.1. The van der Waals surface area contributed by atoms with Crippen LogP contribution in [0.4, 0.5) is 14.0 Å². The zero-order valence-corrected chi connectivity index (χ0v) is 30.0. The summed E-state index contributed by atoms with van der Waals surface area (Å²) >= 11 is 0. The Morgan fingerprint density at radius 1 is 1.09 bits per heavy atom. The normalized spacial score (nSPS) is 44.0. The number of amides is 3. The van der Waals surface area contributed by atoms with Gasteiger partial charge in [0.1, 0.15) is 11.8 Å². The van der Waals surface area contributed by atoms with E-state index in [0.717, 1.165) is 32.2 Å². The molecule has 11 unspecified atom stereocenters. The molecule has 5 fully saturated rings. The highest BCUT2D eigenvalue weighted by Crippen LogP contribution is 2.44. The number of urea groups is 1. The van der Waals surface area contributed by atoms with Crippen LogP contribution in [-0.2, 0) is 9.47 Å². The molecule has 6 rings (SSSR count). The van der Waals surface area contributed by atoms with E-state index in [0.29, 0.717) is 32.0 Å². The number of piperazine rings is 1. The standard InChI is InChI=1S/C36H61FN6O4/c1-20(2)29-31-24(14-15-38-29)11-10-16-46-27-13-9-12-26(37)28(27)30-21(3)17-25-32(40-34(44)43(31)33(25)39-30)41-18-23(5)42(19-22(41)4)35(45)47-36(6,7)8/h10-11,20-33,38-39H,9,12-19H2,1-8H3,(H,40,44)/b11-10-/t21?,22-,23-,24?,25?,26?,27?,28?,29?,30?,31?,32?,33?/m0/s1. The highest BCUT2D eigenvalue weighted by Gasteiger charge is 2.57. The maximum atomic E-state index is 16.0. The number of carbonyl (C=O) groups excluding carboxylic acids is 2. The molecule has 266 valence electrons. The van der Waals surface area contributed by atoms with Crippen LogP contribution in [-0.4, -0.2) is 113 Å². The molecule has 0 radical (unpaired) electrons. The summed E-state index contributed by atoms with van der Waals surface area (Å²) in [7, 11) is 0. The van der Waals surface area contributed by atoms with Gasteiger partial charge >= 0.3 is 12.1 Å². The third-order valence-electron chi connectivity index (χ3n) is 12.0. The first-order valence-electron chi connectivity index (χ1n) is 18.5. The van der Waals surface area contributed by atoms with Gasteiger partial charge in [-0.25, -0.2) is 14.0 Å². The highest BCUT2D eigenvalue weighted by molar-refractivity contribution is 5.77. The predicted molar refractivity (Wildman–Crippen MR) is 180 cm³/mol. The van der Waals surface area contributed by atoms with Crippen molar-refractivity contribution in [2.45, 2.75) is 148 Å². The van der Waals surface area contributed by atoms with Crippen LogP contribution in [0.5, 0.6) is 0 Å². The number of hydrogen-bond donors (Lipinski definition) is 3. The van der Waals surface area contributed by atoms with Gasteiger partial charge in [0, 0.05) is 55.0 Å². The number of ether oxygens (including phenoxy) is 2. The molecule has 4 saturated heterocycles. The monoisotopic (exact) mass is 660 g/mol. The number of fused-ring (bicyclic) bond motifs is 5. The van der Waals surface area contributed by atoms with Gasteiger partial charge in [-0.05, 0) is 85.1 Å². The van der Waals surface area contributed by atoms with Gasteiger partial charge in [-0.3, -0.25) is 10.2 Å². The zero-order chi connectivity index (χ0) is 33.8. The number of halogens is 1. The lowest BCUT2D eigenvalue weighted by Crippen LogP contribution is -2.80. The van der Waals surface area contributed by atoms with Crippen LogP contribution in [0, 0.1) is 29.6 Å². The van der Waals surface area contributed by atoms with E-state index in [1.165, 1.54) is 0 Å². The van der Waals surface area contributed by atoms with Crippen LogP contribution < -0.4 is 16.0 Å². The summed E-state index contributed by atoms with van der Waals surface area (Å²) in [6, 6.07) is -0.160. The van der Waals surface area contributed by atoms with Crippen LogP contribution in [0.25, 0.3) is 0 Å². The van der Waals surface area contributed by atoms with Crippen molar-refractivity contribution in [2.24, 2.45) is 29.6 Å². The molecule has 2 bridgehead atoms. The van der Waals surface area contributed by atoms with E-state index in [-0.39, 0.29) is 84.4 Å². The summed E-state index contributed by atoms with van der Waals surface area (Å²) < 4.78 is 28.2. The minimum absolute atomic E-state index is 0.0108. The van der Waals surface area contributed by atoms with Gasteiger partial charge in [0.15, 0.2) is 0 Å². The lowest BCUT2D eigenvalue weighted by Gasteiger charge is -2.61. The second-order valence-electron chi connectivity index (χ2n) is 16.8. The van der Waals surface area contributed by atoms with E-state index in [1.807, 2.05) is 25.7 Å². The molecule has 10 nitrogen and oxygen atoms in total. The maximum Gasteiger partial charge on any atom is 0.410 e. The van der Waals surface area contributed by atoms with Crippen molar-refractivity contribution in [3.8, 4) is 0 Å². The first-order valence-corrected chi connectivity index (χ1v) is 18.5. The number of nitrogens with zero attached hydrogens (tertiary/aromatic N) is 3. The topological polar surface area (TPSA) is 98.4 Å². The van der Waals surface area contributed by atoms with Crippen molar-refractivity contribution in [2.75, 3.05) is 26.2 Å². The van der Waals surface area contributed by atoms with Crippen LogP contribution in [0.3, 0.4) is 0 Å². The quantitative estimate of drug-likeness (QED) is 0.370. The van der Waals surface area contributed by atoms with Gasteiger partial charge in [0.25, 0.3) is 0 Å². The maximum absolute atomic E-state index is 16.0. The van der Waals surface area contributed by atoms with Gasteiger partial charge in [0.05, 0.1) is 31.1 Å². The van der Waals surface area contributed by atoms with Crippen molar-refractivity contribution in [3.05, 3.63) is 12.2 Å². The molecule has 0 aromatic heterocycles. The molecule has 0 spiro atoms. The Labute approximate surface area is 281 Å². The van der Waals surface area contributed by atoms with Crippen molar-refractivity contribution in [3.63, 3.8) is 0 Å². The molecule has 5 heterocycles. The minimum atomic E-state index is -0.937. The van der Waals surface area contributed by atoms with Gasteiger partial charge in [-0.2, -0.15) is 0 Å². The Bertz CT molecular complexity index is 1160. The molecule has 11 heteroatoms. The fourth-order valence-corrected chi connectivity index (χ4v) is 9.85. The number of nitrogens with one attached hydrogen (secondary N) is 3. The largest absolute Gasteiger partial charge is 0.444 e. The SMILES string of the molecule is CC(C)C1NCCC2/C=C\COC3CCCC(F)C3C3NC4C(CC3C)C(N3C[C@H](C)N(C(=O)OC(C)(C)C)C[C@@H]3C)NC(=O)N4C21. The number of carbonyl (C=O) groups is 2. The van der Waals surface area contributed by atoms with E-state index in [1.54, 1.807) is 0 Å². The Morgan fingerprint density at radius 2 is 1.85 bits per heavy atom. The van der Waals surface area contributed by atoms with E-state index in [2.05, 4.69) is 72.5 Å². The minimum Gasteiger partial charge on any atom is -0.444 e. The smallest absolute Gasteiger partial charge is 0.410 e. The van der Waals surface area contributed by atoms with Crippen LogP contribution in [0.1, 0.15) is 87.5 Å². The van der Waals surface area contributed by atoms with Crippen molar-refractivity contribution >= 4 is 12.1 Å². The fraction of sp³-hybridized carbons (Fsp3) is 0.889. The van der Waals surface area contributed by atoms with Crippen LogP contribution >= 0.6 is 0 Å². The molecule has 0 aromatic rings. The molecule has 5 aliphatic heterocycles. The summed E-state index contributed by atoms with van der Waals surface area (Å²) in [5, 5.41) is 11.3. The average molecular weight is 661 g/mol. The Kier molecular flexibility index (Phi) is 10.2. The molecule has 0 aromatic carbocycles. The summed E-state index contributed by atoms with van der Waals surface area (Å²) in [5.74, 6) is 0.516. The van der Waals surface area contributed by atoms with Crippen molar-refractivity contribution in [1.82, 2.24) is 30.7 Å². The Morgan fingerprint density at radius 3 is 2.57 bits per heavy atom. The Balaban J connectivity index is 1.36. The van der Waals surface area contributed by atoms with Gasteiger partial charge < -0.3 is 29.9 Å². The number of rotatable bonds is 2. The zero-order valence-electron chi connectivity index (χ0n) is 30.0. The Hall–Kier alpha value is -1.95. The van der Waals surface area contributed by atoms with E-state index in [9.17, 15) is 9.59 Å². The molecule has 3 N–H and O–H groups in total. The molecule has 1 saturated carbocycles. The summed E-state index contributed by atoms with van der Waals surface area (Å²) in [6.07, 6.45) is 6.63.